The van der Waals surface area contributed by atoms with Crippen LogP contribution in [0.1, 0.15) is 33.2 Å². The highest BCUT2D eigenvalue weighted by atomic mass is 35.5. The number of halogens is 5. The molecule has 0 saturated heterocycles. The number of carboxylic acid groups (broad SMARTS) is 1. The number of ether oxygens (including phenoxy) is 1. The Morgan fingerprint density at radius 1 is 1.11 bits per heavy atom. The monoisotopic (exact) mass is 416 g/mol. The molecular formula is C19H13Cl2F3O3. The average molecular weight is 417 g/mol. The van der Waals surface area contributed by atoms with Crippen LogP contribution in [0.4, 0.5) is 13.2 Å². The van der Waals surface area contributed by atoms with Gasteiger partial charge in [0.2, 0.25) is 0 Å². The van der Waals surface area contributed by atoms with Crippen LogP contribution in [0.2, 0.25) is 10.0 Å². The van der Waals surface area contributed by atoms with Gasteiger partial charge in [-0.3, -0.25) is 0 Å². The normalized spacial score (nSPS) is 19.9. The summed E-state index contributed by atoms with van der Waals surface area (Å²) in [6.45, 7) is 1.53. The summed E-state index contributed by atoms with van der Waals surface area (Å²) in [6.07, 6.45) is -6.41. The summed E-state index contributed by atoms with van der Waals surface area (Å²) in [5.41, 5.74) is 0.950. The van der Waals surface area contributed by atoms with Crippen molar-refractivity contribution in [3.8, 4) is 0 Å². The van der Waals surface area contributed by atoms with Crippen molar-refractivity contribution in [1.29, 1.82) is 0 Å². The van der Waals surface area contributed by atoms with Crippen molar-refractivity contribution < 1.29 is 27.8 Å². The number of aromatic carboxylic acids is 1. The average Bonchev–Trinajstić information content (AvgIpc) is 2.99. The molecule has 1 N–H and O–H groups in total. The van der Waals surface area contributed by atoms with Gasteiger partial charge in [0, 0.05) is 10.0 Å². The molecule has 0 spiro atoms. The molecule has 3 rings (SSSR count). The van der Waals surface area contributed by atoms with Gasteiger partial charge >= 0.3 is 12.1 Å². The summed E-state index contributed by atoms with van der Waals surface area (Å²) in [5.74, 6) is -1.14. The zero-order valence-corrected chi connectivity index (χ0v) is 15.4. The molecule has 8 heteroatoms. The van der Waals surface area contributed by atoms with E-state index in [2.05, 4.69) is 0 Å². The van der Waals surface area contributed by atoms with Gasteiger partial charge in [-0.2, -0.15) is 13.2 Å². The SMILES string of the molecule is Cc1cc(C2=CC(c3cc(Cl)cc(Cl)c3)OC2C(F)(F)F)ccc1C(=O)O. The third-order valence-corrected chi connectivity index (χ3v) is 4.63. The van der Waals surface area contributed by atoms with Gasteiger partial charge in [-0.1, -0.05) is 35.3 Å². The van der Waals surface area contributed by atoms with Crippen LogP contribution in [0.15, 0.2) is 42.5 Å². The first-order valence-electron chi connectivity index (χ1n) is 7.80. The highest BCUT2D eigenvalue weighted by molar-refractivity contribution is 6.34. The molecule has 27 heavy (non-hydrogen) atoms. The minimum absolute atomic E-state index is 0.0278. The van der Waals surface area contributed by atoms with Gasteiger partial charge in [-0.15, -0.1) is 0 Å². The molecule has 0 amide bonds. The third-order valence-electron chi connectivity index (χ3n) is 4.20. The quantitative estimate of drug-likeness (QED) is 0.658. The van der Waals surface area contributed by atoms with Crippen LogP contribution >= 0.6 is 23.2 Å². The van der Waals surface area contributed by atoms with Gasteiger partial charge < -0.3 is 9.84 Å². The summed E-state index contributed by atoms with van der Waals surface area (Å²) >= 11 is 11.9. The van der Waals surface area contributed by atoms with Crippen LogP contribution in [0.5, 0.6) is 0 Å². The van der Waals surface area contributed by atoms with Gasteiger partial charge in [-0.05, 0) is 59.5 Å². The van der Waals surface area contributed by atoms with E-state index in [4.69, 9.17) is 33.0 Å². The van der Waals surface area contributed by atoms with Crippen LogP contribution < -0.4 is 0 Å². The van der Waals surface area contributed by atoms with Crippen LogP contribution in [-0.2, 0) is 4.74 Å². The van der Waals surface area contributed by atoms with E-state index in [9.17, 15) is 18.0 Å². The van der Waals surface area contributed by atoms with E-state index in [1.54, 1.807) is 0 Å². The first-order chi connectivity index (χ1) is 12.6. The Morgan fingerprint density at radius 3 is 2.26 bits per heavy atom. The molecule has 2 aromatic carbocycles. The number of hydrogen-bond acceptors (Lipinski definition) is 2. The molecule has 1 heterocycles. The molecule has 142 valence electrons. The molecule has 0 fully saturated rings. The molecular weight excluding hydrogens is 404 g/mol. The molecule has 1 aliphatic rings. The van der Waals surface area contributed by atoms with Crippen molar-refractivity contribution in [2.24, 2.45) is 0 Å². The smallest absolute Gasteiger partial charge is 0.418 e. The second-order valence-electron chi connectivity index (χ2n) is 6.14. The first-order valence-corrected chi connectivity index (χ1v) is 8.56. The lowest BCUT2D eigenvalue weighted by atomic mass is 9.96. The Morgan fingerprint density at radius 2 is 1.74 bits per heavy atom. The van der Waals surface area contributed by atoms with Gasteiger partial charge in [0.1, 0.15) is 6.10 Å². The molecule has 3 nitrogen and oxygen atoms in total. The Kier molecular flexibility index (Phi) is 5.25. The number of hydrogen-bond donors (Lipinski definition) is 1. The van der Waals surface area contributed by atoms with Crippen molar-refractivity contribution in [3.63, 3.8) is 0 Å². The first kappa shape index (κ1) is 19.7. The van der Waals surface area contributed by atoms with E-state index in [-0.39, 0.29) is 26.7 Å². The molecule has 0 saturated carbocycles. The molecule has 0 aromatic heterocycles. The van der Waals surface area contributed by atoms with Gasteiger partial charge in [0.25, 0.3) is 0 Å². The van der Waals surface area contributed by atoms with E-state index in [1.165, 1.54) is 49.4 Å². The van der Waals surface area contributed by atoms with E-state index in [1.807, 2.05) is 0 Å². The predicted molar refractivity (Wildman–Crippen MR) is 96.2 cm³/mol. The standard InChI is InChI=1S/C19H13Cl2F3O3/c1-9-4-10(2-3-14(9)18(25)26)15-8-16(27-17(15)19(22,23)24)11-5-12(20)7-13(21)6-11/h2-8,16-17H,1H3,(H,25,26). The lowest BCUT2D eigenvalue weighted by Gasteiger charge is -2.20. The van der Waals surface area contributed by atoms with E-state index in [0.717, 1.165) is 0 Å². The summed E-state index contributed by atoms with van der Waals surface area (Å²) in [7, 11) is 0. The number of aryl methyl sites for hydroxylation is 1. The number of benzene rings is 2. The summed E-state index contributed by atoms with van der Waals surface area (Å²) in [4.78, 5) is 11.1. The molecule has 2 aromatic rings. The van der Waals surface area contributed by atoms with Crippen molar-refractivity contribution in [2.45, 2.75) is 25.3 Å². The second kappa shape index (κ2) is 7.19. The largest absolute Gasteiger partial charge is 0.478 e. The van der Waals surface area contributed by atoms with Crippen LogP contribution in [-0.4, -0.2) is 23.4 Å². The highest BCUT2D eigenvalue weighted by Gasteiger charge is 2.48. The zero-order valence-electron chi connectivity index (χ0n) is 13.8. The molecule has 2 atom stereocenters. The maximum atomic E-state index is 13.5. The number of rotatable bonds is 3. The minimum atomic E-state index is -4.64. The fraction of sp³-hybridized carbons (Fsp3) is 0.211. The lowest BCUT2D eigenvalue weighted by Crippen LogP contribution is -2.30. The second-order valence-corrected chi connectivity index (χ2v) is 7.01. The molecule has 0 bridgehead atoms. The predicted octanol–water partition coefficient (Wildman–Crippen LogP) is 6.09. The van der Waals surface area contributed by atoms with E-state index >= 15 is 0 Å². The van der Waals surface area contributed by atoms with Crippen LogP contribution in [0.25, 0.3) is 5.57 Å². The highest BCUT2D eigenvalue weighted by Crippen LogP contribution is 2.44. The Bertz CT molecular complexity index is 918. The maximum absolute atomic E-state index is 13.5. The van der Waals surface area contributed by atoms with Crippen LogP contribution in [0, 0.1) is 6.92 Å². The fourth-order valence-electron chi connectivity index (χ4n) is 3.01. The van der Waals surface area contributed by atoms with Gasteiger partial charge in [0.05, 0.1) is 5.56 Å². The molecule has 0 radical (unpaired) electrons. The summed E-state index contributed by atoms with van der Waals surface area (Å²) < 4.78 is 45.9. The maximum Gasteiger partial charge on any atom is 0.418 e. The Labute approximate surface area is 163 Å². The fourth-order valence-corrected chi connectivity index (χ4v) is 3.55. The van der Waals surface area contributed by atoms with Crippen molar-refractivity contribution in [2.75, 3.05) is 0 Å². The minimum Gasteiger partial charge on any atom is -0.478 e. The number of alkyl halides is 3. The Balaban J connectivity index is 2.06. The summed E-state index contributed by atoms with van der Waals surface area (Å²) in [6, 6.07) is 8.49. The topological polar surface area (TPSA) is 46.5 Å². The van der Waals surface area contributed by atoms with E-state index < -0.39 is 24.4 Å². The van der Waals surface area contributed by atoms with Crippen LogP contribution in [0.3, 0.4) is 0 Å². The Hall–Kier alpha value is -2.02. The number of carboxylic acids is 1. The van der Waals surface area contributed by atoms with Gasteiger partial charge in [-0.25, -0.2) is 4.79 Å². The van der Waals surface area contributed by atoms with Crippen molar-refractivity contribution >= 4 is 34.7 Å². The zero-order chi connectivity index (χ0) is 19.9. The molecule has 2 unspecified atom stereocenters. The molecule has 1 aliphatic heterocycles. The summed E-state index contributed by atoms with van der Waals surface area (Å²) in [5, 5.41) is 9.67. The van der Waals surface area contributed by atoms with Crippen molar-refractivity contribution in [1.82, 2.24) is 0 Å². The van der Waals surface area contributed by atoms with Gasteiger partial charge in [0.15, 0.2) is 6.10 Å². The van der Waals surface area contributed by atoms with Crippen molar-refractivity contribution in [3.05, 3.63) is 74.8 Å². The number of carbonyl (C=O) groups is 1. The van der Waals surface area contributed by atoms with E-state index in [0.29, 0.717) is 11.1 Å². The third kappa shape index (κ3) is 4.13. The lowest BCUT2D eigenvalue weighted by molar-refractivity contribution is -0.203. The molecule has 0 aliphatic carbocycles.